The molecule has 0 aromatic carbocycles. The second-order valence-electron chi connectivity index (χ2n) is 4.44. The van der Waals surface area contributed by atoms with Crippen LogP contribution in [-0.4, -0.2) is 11.9 Å². The van der Waals surface area contributed by atoms with Gasteiger partial charge in [0.15, 0.2) is 0 Å². The molecule has 2 rings (SSSR count). The summed E-state index contributed by atoms with van der Waals surface area (Å²) >= 11 is 1.59. The number of nitrogens with zero attached hydrogens (tertiary/aromatic N) is 1. The summed E-state index contributed by atoms with van der Waals surface area (Å²) in [6.07, 6.45) is 5.92. The zero-order valence-electron chi connectivity index (χ0n) is 9.95. The number of hydrogen-bond acceptors (Lipinski definition) is 3. The Morgan fingerprint density at radius 3 is 3.00 bits per heavy atom. The molecule has 0 spiro atoms. The van der Waals surface area contributed by atoms with Crippen LogP contribution in [0.25, 0.3) is 0 Å². The first kappa shape index (κ1) is 12.1. The normalized spacial score (nSPS) is 16.5. The molecule has 0 saturated carbocycles. The van der Waals surface area contributed by atoms with Gasteiger partial charge in [-0.05, 0) is 44.2 Å². The van der Waals surface area contributed by atoms with Crippen molar-refractivity contribution in [3.8, 4) is 6.07 Å². The lowest BCUT2D eigenvalue weighted by Crippen LogP contribution is -2.30. The highest BCUT2D eigenvalue weighted by Crippen LogP contribution is 2.28. The summed E-state index contributed by atoms with van der Waals surface area (Å²) < 4.78 is 0. The molecule has 4 heteroatoms. The largest absolute Gasteiger partial charge is 0.336 e. The lowest BCUT2D eigenvalue weighted by Gasteiger charge is -2.03. The molecular weight excluding hydrogens is 232 g/mol. The van der Waals surface area contributed by atoms with Gasteiger partial charge in [-0.2, -0.15) is 5.26 Å². The van der Waals surface area contributed by atoms with E-state index in [1.807, 2.05) is 12.1 Å². The van der Waals surface area contributed by atoms with Crippen LogP contribution in [0.3, 0.4) is 0 Å². The van der Waals surface area contributed by atoms with Gasteiger partial charge in [0.25, 0.3) is 5.91 Å². The molecule has 1 N–H and O–H groups in total. The van der Waals surface area contributed by atoms with Crippen LogP contribution in [0.15, 0.2) is 6.07 Å². The molecule has 90 valence electrons. The van der Waals surface area contributed by atoms with E-state index in [1.54, 1.807) is 18.3 Å². The van der Waals surface area contributed by atoms with Crippen LogP contribution in [0.5, 0.6) is 0 Å². The SMILES string of the molecule is CC(C#N)NC(=O)c1cc2c(s1)CCCCC2. The van der Waals surface area contributed by atoms with Crippen LogP contribution in [-0.2, 0) is 12.8 Å². The van der Waals surface area contributed by atoms with Crippen molar-refractivity contribution in [3.63, 3.8) is 0 Å². The average molecular weight is 248 g/mol. The van der Waals surface area contributed by atoms with Crippen molar-refractivity contribution in [2.45, 2.75) is 45.1 Å². The maximum Gasteiger partial charge on any atom is 0.262 e. The number of carbonyl (C=O) groups is 1. The van der Waals surface area contributed by atoms with Crippen molar-refractivity contribution in [1.82, 2.24) is 5.32 Å². The van der Waals surface area contributed by atoms with Gasteiger partial charge in [0.05, 0.1) is 10.9 Å². The summed E-state index contributed by atoms with van der Waals surface area (Å²) in [5, 5.41) is 11.3. The van der Waals surface area contributed by atoms with Gasteiger partial charge in [0.1, 0.15) is 6.04 Å². The summed E-state index contributed by atoms with van der Waals surface area (Å²) in [6, 6.07) is 3.59. The Balaban J connectivity index is 2.12. The smallest absolute Gasteiger partial charge is 0.262 e. The lowest BCUT2D eigenvalue weighted by atomic mass is 10.1. The Bertz CT molecular complexity index is 435. The average Bonchev–Trinajstić information content (AvgIpc) is 2.61. The fourth-order valence-electron chi connectivity index (χ4n) is 2.08. The number of fused-ring (bicyclic) bond motifs is 1. The minimum absolute atomic E-state index is 0.114. The number of thiophene rings is 1. The van der Waals surface area contributed by atoms with Crippen molar-refractivity contribution in [3.05, 3.63) is 21.4 Å². The van der Waals surface area contributed by atoms with E-state index in [2.05, 4.69) is 5.32 Å². The van der Waals surface area contributed by atoms with Crippen LogP contribution in [0, 0.1) is 11.3 Å². The number of hydrogen-bond donors (Lipinski definition) is 1. The highest BCUT2D eigenvalue weighted by Gasteiger charge is 2.17. The summed E-state index contributed by atoms with van der Waals surface area (Å²) in [4.78, 5) is 14.0. The minimum Gasteiger partial charge on any atom is -0.336 e. The molecule has 1 aromatic heterocycles. The molecule has 1 aliphatic carbocycles. The number of carbonyl (C=O) groups excluding carboxylic acids is 1. The number of aryl methyl sites for hydroxylation is 2. The molecular formula is C13H16N2OS. The molecule has 0 saturated heterocycles. The third kappa shape index (κ3) is 2.86. The van der Waals surface area contributed by atoms with E-state index >= 15 is 0 Å². The minimum atomic E-state index is -0.426. The number of amides is 1. The summed E-state index contributed by atoms with van der Waals surface area (Å²) in [7, 11) is 0. The molecule has 1 atom stereocenters. The number of nitriles is 1. The molecule has 1 heterocycles. The molecule has 1 amide bonds. The first-order valence-electron chi connectivity index (χ1n) is 6.03. The molecule has 0 radical (unpaired) electrons. The predicted octanol–water partition coefficient (Wildman–Crippen LogP) is 2.66. The van der Waals surface area contributed by atoms with Crippen LogP contribution >= 0.6 is 11.3 Å². The van der Waals surface area contributed by atoms with Crippen molar-refractivity contribution in [2.24, 2.45) is 0 Å². The van der Waals surface area contributed by atoms with Crippen LogP contribution in [0.2, 0.25) is 0 Å². The molecule has 1 aromatic rings. The van der Waals surface area contributed by atoms with Gasteiger partial charge in [-0.3, -0.25) is 4.79 Å². The van der Waals surface area contributed by atoms with E-state index in [4.69, 9.17) is 5.26 Å². The van der Waals surface area contributed by atoms with Crippen LogP contribution in [0.1, 0.15) is 46.3 Å². The molecule has 0 bridgehead atoms. The Kier molecular flexibility index (Phi) is 3.80. The monoisotopic (exact) mass is 248 g/mol. The van der Waals surface area contributed by atoms with Gasteiger partial charge < -0.3 is 5.32 Å². The van der Waals surface area contributed by atoms with Crippen molar-refractivity contribution < 1.29 is 4.79 Å². The van der Waals surface area contributed by atoms with Crippen molar-refractivity contribution >= 4 is 17.2 Å². The van der Waals surface area contributed by atoms with Gasteiger partial charge in [0.2, 0.25) is 0 Å². The second kappa shape index (κ2) is 5.33. The Hall–Kier alpha value is -1.34. The Morgan fingerprint density at radius 2 is 2.24 bits per heavy atom. The van der Waals surface area contributed by atoms with Crippen molar-refractivity contribution in [2.75, 3.05) is 0 Å². The third-order valence-corrected chi connectivity index (χ3v) is 4.25. The van der Waals surface area contributed by atoms with E-state index in [0.29, 0.717) is 0 Å². The van der Waals surface area contributed by atoms with E-state index in [9.17, 15) is 4.79 Å². The van der Waals surface area contributed by atoms with E-state index in [0.717, 1.165) is 17.7 Å². The van der Waals surface area contributed by atoms with Gasteiger partial charge in [-0.15, -0.1) is 11.3 Å². The summed E-state index contributed by atoms with van der Waals surface area (Å²) in [5.41, 5.74) is 1.34. The van der Waals surface area contributed by atoms with Gasteiger partial charge >= 0.3 is 0 Å². The molecule has 1 aliphatic rings. The fourth-order valence-corrected chi connectivity index (χ4v) is 3.24. The summed E-state index contributed by atoms with van der Waals surface area (Å²) in [6.45, 7) is 1.69. The first-order chi connectivity index (χ1) is 8.20. The predicted molar refractivity (Wildman–Crippen MR) is 68.1 cm³/mol. The van der Waals surface area contributed by atoms with Gasteiger partial charge in [-0.25, -0.2) is 0 Å². The van der Waals surface area contributed by atoms with Crippen molar-refractivity contribution in [1.29, 1.82) is 5.26 Å². The Morgan fingerprint density at radius 1 is 1.47 bits per heavy atom. The molecule has 17 heavy (non-hydrogen) atoms. The lowest BCUT2D eigenvalue weighted by molar-refractivity contribution is 0.0952. The summed E-state index contributed by atoms with van der Waals surface area (Å²) in [5.74, 6) is -0.114. The first-order valence-corrected chi connectivity index (χ1v) is 6.84. The molecule has 3 nitrogen and oxygen atoms in total. The number of nitrogens with one attached hydrogen (secondary N) is 1. The van der Waals surface area contributed by atoms with E-state index in [1.165, 1.54) is 29.7 Å². The number of rotatable bonds is 2. The van der Waals surface area contributed by atoms with E-state index < -0.39 is 6.04 Å². The maximum atomic E-state index is 11.9. The quantitative estimate of drug-likeness (QED) is 0.818. The zero-order valence-corrected chi connectivity index (χ0v) is 10.8. The molecule has 1 unspecified atom stereocenters. The Labute approximate surface area is 105 Å². The van der Waals surface area contributed by atoms with Crippen LogP contribution < -0.4 is 5.32 Å². The second-order valence-corrected chi connectivity index (χ2v) is 5.58. The highest BCUT2D eigenvalue weighted by molar-refractivity contribution is 7.14. The van der Waals surface area contributed by atoms with Gasteiger partial charge in [-0.1, -0.05) is 6.42 Å². The highest BCUT2D eigenvalue weighted by atomic mass is 32.1. The van der Waals surface area contributed by atoms with Crippen LogP contribution in [0.4, 0.5) is 0 Å². The zero-order chi connectivity index (χ0) is 12.3. The standard InChI is InChI=1S/C13H16N2OS/c1-9(8-14)15-13(16)12-7-10-5-3-2-4-6-11(10)17-12/h7,9H,2-6H2,1H3,(H,15,16). The third-order valence-electron chi connectivity index (χ3n) is 3.01. The molecule has 0 aliphatic heterocycles. The van der Waals surface area contributed by atoms with Gasteiger partial charge in [0, 0.05) is 4.88 Å². The maximum absolute atomic E-state index is 11.9. The van der Waals surface area contributed by atoms with E-state index in [-0.39, 0.29) is 5.91 Å². The molecule has 0 fully saturated rings. The topological polar surface area (TPSA) is 52.9 Å². The fraction of sp³-hybridized carbons (Fsp3) is 0.538.